The molecule has 3 rings (SSSR count). The van der Waals surface area contributed by atoms with Crippen molar-refractivity contribution in [3.8, 4) is 0 Å². The van der Waals surface area contributed by atoms with Crippen molar-refractivity contribution in [2.24, 2.45) is 0 Å². The molecule has 0 radical (unpaired) electrons. The highest BCUT2D eigenvalue weighted by molar-refractivity contribution is 6.46. The maximum Gasteiger partial charge on any atom is 0.354 e. The van der Waals surface area contributed by atoms with E-state index in [1.165, 1.54) is 12.0 Å². The number of nitrogens with zero attached hydrogens (tertiary/aromatic N) is 3. The summed E-state index contributed by atoms with van der Waals surface area (Å²) < 4.78 is 4.81. The molecule has 1 amide bonds. The number of methoxy groups -OCH3 is 1. The summed E-state index contributed by atoms with van der Waals surface area (Å²) in [7, 11) is 1.27. The highest BCUT2D eigenvalue weighted by Crippen LogP contribution is 2.40. The highest BCUT2D eigenvalue weighted by atomic mass is 16.5. The molecule has 1 atom stereocenters. The van der Waals surface area contributed by atoms with Crippen LogP contribution in [-0.4, -0.2) is 75.8 Å². The number of amides is 1. The van der Waals surface area contributed by atoms with E-state index in [0.717, 1.165) is 19.6 Å². The van der Waals surface area contributed by atoms with Gasteiger partial charge in [-0.15, -0.1) is 0 Å². The molecular weight excluding hydrogens is 436 g/mol. The van der Waals surface area contributed by atoms with Gasteiger partial charge < -0.3 is 24.6 Å². The number of rotatable bonds is 9. The van der Waals surface area contributed by atoms with Crippen molar-refractivity contribution < 1.29 is 24.2 Å². The van der Waals surface area contributed by atoms with Crippen LogP contribution in [0.2, 0.25) is 0 Å². The summed E-state index contributed by atoms with van der Waals surface area (Å²) in [4.78, 5) is 49.2. The van der Waals surface area contributed by atoms with Crippen molar-refractivity contribution in [1.29, 1.82) is 0 Å². The Labute approximate surface area is 199 Å². The van der Waals surface area contributed by atoms with Gasteiger partial charge in [-0.2, -0.15) is 0 Å². The lowest BCUT2D eigenvalue weighted by atomic mass is 9.94. The molecule has 1 aliphatic rings. The van der Waals surface area contributed by atoms with Crippen LogP contribution < -0.4 is 0 Å². The number of carbonyl (C=O) groups is 3. The molecule has 1 unspecified atom stereocenters. The molecule has 3 heterocycles. The summed E-state index contributed by atoms with van der Waals surface area (Å²) in [6.45, 7) is 10.5. The lowest BCUT2D eigenvalue weighted by Gasteiger charge is -2.26. The van der Waals surface area contributed by atoms with Crippen molar-refractivity contribution in [3.63, 3.8) is 0 Å². The van der Waals surface area contributed by atoms with Crippen LogP contribution in [0.3, 0.4) is 0 Å². The number of nitrogens with one attached hydrogen (secondary N) is 1. The minimum atomic E-state index is -0.755. The molecule has 0 bridgehead atoms. The van der Waals surface area contributed by atoms with E-state index in [0.29, 0.717) is 35.3 Å². The second-order valence-corrected chi connectivity index (χ2v) is 8.27. The second kappa shape index (κ2) is 10.6. The summed E-state index contributed by atoms with van der Waals surface area (Å²) >= 11 is 0. The first-order valence-corrected chi connectivity index (χ1v) is 11.4. The maximum absolute atomic E-state index is 13.2. The van der Waals surface area contributed by atoms with Crippen LogP contribution in [0.1, 0.15) is 59.2 Å². The first-order chi connectivity index (χ1) is 16.3. The molecule has 0 aliphatic carbocycles. The number of aliphatic hydroxyl groups excluding tert-OH is 1. The van der Waals surface area contributed by atoms with Crippen LogP contribution in [0.4, 0.5) is 0 Å². The van der Waals surface area contributed by atoms with Gasteiger partial charge in [0.15, 0.2) is 0 Å². The van der Waals surface area contributed by atoms with Gasteiger partial charge in [-0.1, -0.05) is 13.8 Å². The fourth-order valence-electron chi connectivity index (χ4n) is 4.55. The van der Waals surface area contributed by atoms with Gasteiger partial charge in [-0.05, 0) is 63.2 Å². The van der Waals surface area contributed by atoms with Crippen molar-refractivity contribution >= 4 is 23.4 Å². The van der Waals surface area contributed by atoms with Gasteiger partial charge >= 0.3 is 5.97 Å². The number of hydrogen-bond acceptors (Lipinski definition) is 7. The number of Topliss-reactive ketones (excluding diaryl/α,β-unsaturated/α-hetero) is 1. The van der Waals surface area contributed by atoms with Crippen molar-refractivity contribution in [2.75, 3.05) is 33.3 Å². The molecule has 182 valence electrons. The SMILES string of the molecule is CCN(CC)CCCN1C(=O)C(=O)/C(=C(\O)c2c(C)[nH]c(C(=O)OC)c2C)C1c1ccncc1. The van der Waals surface area contributed by atoms with Gasteiger partial charge in [-0.25, -0.2) is 4.79 Å². The van der Waals surface area contributed by atoms with Crippen LogP contribution >= 0.6 is 0 Å². The normalized spacial score (nSPS) is 17.6. The van der Waals surface area contributed by atoms with Gasteiger partial charge in [0.2, 0.25) is 0 Å². The van der Waals surface area contributed by atoms with E-state index < -0.39 is 23.7 Å². The lowest BCUT2D eigenvalue weighted by Crippen LogP contribution is -2.33. The molecule has 34 heavy (non-hydrogen) atoms. The zero-order chi connectivity index (χ0) is 25.0. The summed E-state index contributed by atoms with van der Waals surface area (Å²) in [5, 5.41) is 11.4. The van der Waals surface area contributed by atoms with Gasteiger partial charge in [0.1, 0.15) is 11.5 Å². The van der Waals surface area contributed by atoms with Gasteiger partial charge in [0, 0.05) is 30.2 Å². The number of aryl methyl sites for hydroxylation is 1. The Bertz CT molecular complexity index is 1100. The van der Waals surface area contributed by atoms with E-state index in [-0.39, 0.29) is 17.0 Å². The number of aliphatic hydroxyl groups is 1. The molecule has 1 saturated heterocycles. The molecule has 9 nitrogen and oxygen atoms in total. The van der Waals surface area contributed by atoms with Crippen molar-refractivity contribution in [1.82, 2.24) is 19.8 Å². The third-order valence-electron chi connectivity index (χ3n) is 6.39. The Morgan fingerprint density at radius 3 is 2.44 bits per heavy atom. The van der Waals surface area contributed by atoms with E-state index in [1.807, 2.05) is 0 Å². The Kier molecular flexibility index (Phi) is 7.88. The number of pyridine rings is 1. The molecule has 2 N–H and O–H groups in total. The van der Waals surface area contributed by atoms with Gasteiger partial charge in [0.25, 0.3) is 11.7 Å². The van der Waals surface area contributed by atoms with Crippen LogP contribution in [0.5, 0.6) is 0 Å². The summed E-state index contributed by atoms with van der Waals surface area (Å²) in [6, 6.07) is 2.71. The molecular formula is C25H32N4O5. The number of aromatic amines is 1. The Hall–Kier alpha value is -3.46. The minimum absolute atomic E-state index is 0.000606. The lowest BCUT2D eigenvalue weighted by molar-refractivity contribution is -0.140. The maximum atomic E-state index is 13.2. The molecule has 1 aliphatic heterocycles. The average molecular weight is 469 g/mol. The van der Waals surface area contributed by atoms with E-state index in [9.17, 15) is 19.5 Å². The molecule has 9 heteroatoms. The van der Waals surface area contributed by atoms with E-state index in [4.69, 9.17) is 4.74 Å². The Morgan fingerprint density at radius 2 is 1.85 bits per heavy atom. The molecule has 0 aromatic carbocycles. The number of ketones is 1. The molecule has 1 fully saturated rings. The number of aromatic nitrogens is 2. The summed E-state index contributed by atoms with van der Waals surface area (Å²) in [5.41, 5.74) is 2.13. The second-order valence-electron chi connectivity index (χ2n) is 8.27. The zero-order valence-electron chi connectivity index (χ0n) is 20.3. The first-order valence-electron chi connectivity index (χ1n) is 11.4. The topological polar surface area (TPSA) is 116 Å². The van der Waals surface area contributed by atoms with E-state index in [1.54, 1.807) is 38.4 Å². The van der Waals surface area contributed by atoms with Crippen molar-refractivity contribution in [2.45, 2.75) is 40.2 Å². The van der Waals surface area contributed by atoms with Crippen LogP contribution in [0.25, 0.3) is 5.76 Å². The minimum Gasteiger partial charge on any atom is -0.507 e. The predicted octanol–water partition coefficient (Wildman–Crippen LogP) is 2.97. The smallest absolute Gasteiger partial charge is 0.354 e. The van der Waals surface area contributed by atoms with E-state index in [2.05, 4.69) is 28.7 Å². The summed E-state index contributed by atoms with van der Waals surface area (Å²) in [6.07, 6.45) is 3.87. The number of ether oxygens (including phenoxy) is 1. The third kappa shape index (κ3) is 4.61. The number of hydrogen-bond donors (Lipinski definition) is 2. The van der Waals surface area contributed by atoms with Crippen LogP contribution in [0.15, 0.2) is 30.1 Å². The standard InChI is InChI=1S/C25H32N4O5/c1-6-28(7-2)13-8-14-29-21(17-9-11-26-12-10-17)19(23(31)24(29)32)22(30)18-15(3)20(25(33)34-5)27-16(18)4/h9-12,21,27,30H,6-8,13-14H2,1-5H3/b22-19-. The quantitative estimate of drug-likeness (QED) is 0.252. The number of esters is 1. The van der Waals surface area contributed by atoms with Crippen molar-refractivity contribution in [3.05, 3.63) is 58.2 Å². The third-order valence-corrected chi connectivity index (χ3v) is 6.39. The number of H-pyrrole nitrogens is 1. The molecule has 2 aromatic rings. The van der Waals surface area contributed by atoms with Gasteiger partial charge in [-0.3, -0.25) is 14.6 Å². The van der Waals surface area contributed by atoms with E-state index >= 15 is 0 Å². The fraction of sp³-hybridized carbons (Fsp3) is 0.440. The van der Waals surface area contributed by atoms with Crippen LogP contribution in [-0.2, 0) is 14.3 Å². The van der Waals surface area contributed by atoms with Crippen LogP contribution in [0, 0.1) is 13.8 Å². The molecule has 0 spiro atoms. The average Bonchev–Trinajstić information content (AvgIpc) is 3.28. The highest BCUT2D eigenvalue weighted by Gasteiger charge is 2.46. The number of carbonyl (C=O) groups excluding carboxylic acids is 3. The largest absolute Gasteiger partial charge is 0.507 e. The predicted molar refractivity (Wildman–Crippen MR) is 127 cm³/mol. The summed E-state index contributed by atoms with van der Waals surface area (Å²) in [5.74, 6) is -2.29. The van der Waals surface area contributed by atoms with Gasteiger partial charge in [0.05, 0.1) is 18.7 Å². The fourth-order valence-corrected chi connectivity index (χ4v) is 4.55. The Morgan fingerprint density at radius 1 is 1.21 bits per heavy atom. The molecule has 2 aromatic heterocycles. The zero-order valence-corrected chi connectivity index (χ0v) is 20.3. The Balaban J connectivity index is 2.09. The molecule has 0 saturated carbocycles. The first kappa shape index (κ1) is 25.2. The monoisotopic (exact) mass is 468 g/mol. The number of likely N-dealkylation sites (tertiary alicyclic amines) is 1.